The summed E-state index contributed by atoms with van der Waals surface area (Å²) in [5.74, 6) is 0.582. The first kappa shape index (κ1) is 22.1. The van der Waals surface area contributed by atoms with Crippen LogP contribution in [0.25, 0.3) is 22.2 Å². The monoisotopic (exact) mass is 421 g/mol. The maximum Gasteiger partial charge on any atom is 0.252 e. The summed E-state index contributed by atoms with van der Waals surface area (Å²) in [6.07, 6.45) is 0. The summed E-state index contributed by atoms with van der Waals surface area (Å²) in [5.41, 5.74) is 2.15. The molecule has 0 unspecified atom stereocenters. The molecule has 0 aliphatic heterocycles. The number of nitrogens with one attached hydrogen (secondary N) is 2. The highest BCUT2D eigenvalue weighted by atomic mass is 16.5. The third-order valence-corrected chi connectivity index (χ3v) is 4.56. The number of nitrogens with zero attached hydrogens (tertiary/aromatic N) is 1. The number of hydrogen-bond acceptors (Lipinski definition) is 5. The molecule has 1 aromatic heterocycles. The van der Waals surface area contributed by atoms with Gasteiger partial charge in [0.05, 0.1) is 37.5 Å². The summed E-state index contributed by atoms with van der Waals surface area (Å²) in [5, 5.41) is 6.25. The Hall–Kier alpha value is -3.61. The average Bonchev–Trinajstić information content (AvgIpc) is 2.75. The molecule has 0 spiro atoms. The van der Waals surface area contributed by atoms with E-state index in [-0.39, 0.29) is 23.9 Å². The zero-order chi connectivity index (χ0) is 22.6. The van der Waals surface area contributed by atoms with Crippen LogP contribution in [-0.4, -0.2) is 43.1 Å². The molecule has 0 aliphatic rings. The van der Waals surface area contributed by atoms with Gasteiger partial charge in [-0.3, -0.25) is 9.59 Å². The van der Waals surface area contributed by atoms with Gasteiger partial charge in [-0.2, -0.15) is 0 Å². The number of amides is 2. The number of para-hydroxylation sites is 1. The molecule has 0 fully saturated rings. The number of hydrogen-bond donors (Lipinski definition) is 2. The maximum absolute atomic E-state index is 13.0. The number of benzene rings is 2. The van der Waals surface area contributed by atoms with Crippen molar-refractivity contribution in [2.24, 2.45) is 0 Å². The van der Waals surface area contributed by atoms with E-state index in [0.29, 0.717) is 33.7 Å². The minimum atomic E-state index is -0.369. The third-order valence-electron chi connectivity index (χ3n) is 4.56. The van der Waals surface area contributed by atoms with Crippen LogP contribution in [-0.2, 0) is 4.79 Å². The normalized spacial score (nSPS) is 11.1. The molecule has 1 heterocycles. The second-order valence-corrected chi connectivity index (χ2v) is 8.12. The van der Waals surface area contributed by atoms with Crippen LogP contribution >= 0.6 is 0 Å². The van der Waals surface area contributed by atoms with E-state index in [4.69, 9.17) is 14.5 Å². The Morgan fingerprint density at radius 2 is 1.68 bits per heavy atom. The van der Waals surface area contributed by atoms with Gasteiger partial charge in [0.1, 0.15) is 0 Å². The lowest BCUT2D eigenvalue weighted by atomic mass is 10.0. The van der Waals surface area contributed by atoms with E-state index in [1.54, 1.807) is 26.4 Å². The molecule has 31 heavy (non-hydrogen) atoms. The minimum absolute atomic E-state index is 0.113. The van der Waals surface area contributed by atoms with Crippen LogP contribution in [0.1, 0.15) is 31.1 Å². The lowest BCUT2D eigenvalue weighted by molar-refractivity contribution is -0.121. The van der Waals surface area contributed by atoms with Crippen LogP contribution in [0.4, 0.5) is 0 Å². The Kier molecular flexibility index (Phi) is 6.44. The average molecular weight is 421 g/mol. The number of fused-ring (bicyclic) bond motifs is 1. The fourth-order valence-electron chi connectivity index (χ4n) is 3.22. The van der Waals surface area contributed by atoms with Gasteiger partial charge in [-0.05, 0) is 51.1 Å². The predicted molar refractivity (Wildman–Crippen MR) is 121 cm³/mol. The third kappa shape index (κ3) is 5.31. The standard InChI is InChI=1S/C24H27N3O4/c1-24(2,3)27-22(28)14-25-23(29)17-13-19(26-18-9-7-6-8-16(17)18)15-10-11-20(30-4)21(12-15)31-5/h6-13H,14H2,1-5H3,(H,25,29)(H,27,28). The molecule has 0 saturated carbocycles. The van der Waals surface area contributed by atoms with Gasteiger partial charge in [-0.25, -0.2) is 4.98 Å². The van der Waals surface area contributed by atoms with Crippen LogP contribution in [0.5, 0.6) is 11.5 Å². The number of ether oxygens (including phenoxy) is 2. The Labute approximate surface area is 181 Å². The number of pyridine rings is 1. The van der Waals surface area contributed by atoms with E-state index in [1.807, 2.05) is 57.2 Å². The first-order chi connectivity index (χ1) is 14.7. The first-order valence-electron chi connectivity index (χ1n) is 9.93. The van der Waals surface area contributed by atoms with Crippen molar-refractivity contribution in [1.29, 1.82) is 0 Å². The molecule has 2 N–H and O–H groups in total. The van der Waals surface area contributed by atoms with Crippen molar-refractivity contribution in [3.8, 4) is 22.8 Å². The van der Waals surface area contributed by atoms with E-state index in [1.165, 1.54) is 0 Å². The SMILES string of the molecule is COc1ccc(-c2cc(C(=O)NCC(=O)NC(C)(C)C)c3ccccc3n2)cc1OC. The van der Waals surface area contributed by atoms with Gasteiger partial charge in [-0.1, -0.05) is 18.2 Å². The van der Waals surface area contributed by atoms with Crippen molar-refractivity contribution in [3.63, 3.8) is 0 Å². The lowest BCUT2D eigenvalue weighted by Gasteiger charge is -2.20. The number of methoxy groups -OCH3 is 2. The molecule has 162 valence electrons. The smallest absolute Gasteiger partial charge is 0.252 e. The van der Waals surface area contributed by atoms with E-state index in [2.05, 4.69) is 10.6 Å². The summed E-state index contributed by atoms with van der Waals surface area (Å²) in [4.78, 5) is 29.8. The Bertz CT molecular complexity index is 1120. The first-order valence-corrected chi connectivity index (χ1v) is 9.93. The van der Waals surface area contributed by atoms with E-state index in [9.17, 15) is 9.59 Å². The number of carbonyl (C=O) groups is 2. The summed E-state index contributed by atoms with van der Waals surface area (Å²) in [7, 11) is 3.14. The molecular weight excluding hydrogens is 394 g/mol. The second-order valence-electron chi connectivity index (χ2n) is 8.12. The number of rotatable bonds is 6. The van der Waals surface area contributed by atoms with Crippen LogP contribution in [0.15, 0.2) is 48.5 Å². The topological polar surface area (TPSA) is 89.5 Å². The number of aromatic nitrogens is 1. The van der Waals surface area contributed by atoms with Crippen LogP contribution in [0, 0.1) is 0 Å². The molecular formula is C24H27N3O4. The van der Waals surface area contributed by atoms with Gasteiger partial charge in [0.2, 0.25) is 5.91 Å². The van der Waals surface area contributed by atoms with Crippen LogP contribution in [0.2, 0.25) is 0 Å². The minimum Gasteiger partial charge on any atom is -0.493 e. The van der Waals surface area contributed by atoms with Gasteiger partial charge in [-0.15, -0.1) is 0 Å². The Morgan fingerprint density at radius 1 is 0.968 bits per heavy atom. The van der Waals surface area contributed by atoms with E-state index < -0.39 is 0 Å². The van der Waals surface area contributed by atoms with Crippen molar-refractivity contribution < 1.29 is 19.1 Å². The summed E-state index contributed by atoms with van der Waals surface area (Å²) >= 11 is 0. The Balaban J connectivity index is 1.96. The van der Waals surface area contributed by atoms with Crippen molar-refractivity contribution in [3.05, 3.63) is 54.1 Å². The molecule has 3 rings (SSSR count). The van der Waals surface area contributed by atoms with Gasteiger partial charge in [0, 0.05) is 16.5 Å². The van der Waals surface area contributed by atoms with Gasteiger partial charge in [0.15, 0.2) is 11.5 Å². The quantitative estimate of drug-likeness (QED) is 0.635. The van der Waals surface area contributed by atoms with Crippen molar-refractivity contribution >= 4 is 22.7 Å². The van der Waals surface area contributed by atoms with Gasteiger partial charge in [0.25, 0.3) is 5.91 Å². The Morgan fingerprint density at radius 3 is 2.35 bits per heavy atom. The van der Waals surface area contributed by atoms with E-state index in [0.717, 1.165) is 5.56 Å². The molecule has 7 nitrogen and oxygen atoms in total. The highest BCUT2D eigenvalue weighted by Gasteiger charge is 2.18. The van der Waals surface area contributed by atoms with Crippen LogP contribution < -0.4 is 20.1 Å². The summed E-state index contributed by atoms with van der Waals surface area (Å²) < 4.78 is 10.7. The van der Waals surface area contributed by atoms with Crippen LogP contribution in [0.3, 0.4) is 0 Å². The highest BCUT2D eigenvalue weighted by molar-refractivity contribution is 6.08. The van der Waals surface area contributed by atoms with Gasteiger partial charge < -0.3 is 20.1 Å². The lowest BCUT2D eigenvalue weighted by Crippen LogP contribution is -2.45. The molecule has 0 atom stereocenters. The molecule has 3 aromatic rings. The molecule has 7 heteroatoms. The summed E-state index contributed by atoms with van der Waals surface area (Å²) in [6.45, 7) is 5.55. The van der Waals surface area contributed by atoms with Crippen molar-refractivity contribution in [1.82, 2.24) is 15.6 Å². The fourth-order valence-corrected chi connectivity index (χ4v) is 3.22. The molecule has 2 amide bonds. The molecule has 0 radical (unpaired) electrons. The predicted octanol–water partition coefficient (Wildman–Crippen LogP) is 3.56. The zero-order valence-electron chi connectivity index (χ0n) is 18.4. The summed E-state index contributed by atoms with van der Waals surface area (Å²) in [6, 6.07) is 14.6. The zero-order valence-corrected chi connectivity index (χ0v) is 18.4. The van der Waals surface area contributed by atoms with Crippen molar-refractivity contribution in [2.45, 2.75) is 26.3 Å². The maximum atomic E-state index is 13.0. The molecule has 2 aromatic carbocycles. The van der Waals surface area contributed by atoms with Gasteiger partial charge >= 0.3 is 0 Å². The number of carbonyl (C=O) groups excluding carboxylic acids is 2. The van der Waals surface area contributed by atoms with E-state index >= 15 is 0 Å². The molecule has 0 bridgehead atoms. The highest BCUT2D eigenvalue weighted by Crippen LogP contribution is 2.33. The molecule has 0 saturated heterocycles. The van der Waals surface area contributed by atoms with Crippen molar-refractivity contribution in [2.75, 3.05) is 20.8 Å². The second kappa shape index (κ2) is 9.04. The fraction of sp³-hybridized carbons (Fsp3) is 0.292. The largest absolute Gasteiger partial charge is 0.493 e. The molecule has 0 aliphatic carbocycles.